The number of morpholine rings is 1. The molecule has 2 aliphatic rings. The molecule has 0 aromatic carbocycles. The van der Waals surface area contributed by atoms with Gasteiger partial charge in [-0.1, -0.05) is 0 Å². The van der Waals surface area contributed by atoms with Gasteiger partial charge in [0.25, 0.3) is 0 Å². The molecule has 0 aromatic heterocycles. The quantitative estimate of drug-likeness (QED) is 0.660. The zero-order chi connectivity index (χ0) is 13.9. The highest BCUT2D eigenvalue weighted by molar-refractivity contribution is 5.84. The normalized spacial score (nSPS) is 30.2. The Morgan fingerprint density at radius 3 is 2.53 bits per heavy atom. The summed E-state index contributed by atoms with van der Waals surface area (Å²) in [7, 11) is 1.80. The van der Waals surface area contributed by atoms with Crippen LogP contribution in [-0.2, 0) is 9.53 Å². The van der Waals surface area contributed by atoms with Crippen molar-refractivity contribution in [2.75, 3.05) is 26.7 Å². The third-order valence-electron chi connectivity index (χ3n) is 4.62. The summed E-state index contributed by atoms with van der Waals surface area (Å²) >= 11 is 0. The molecule has 0 aliphatic carbocycles. The van der Waals surface area contributed by atoms with Crippen LogP contribution < -0.4 is 11.1 Å². The topological polar surface area (TPSA) is 67.6 Å². The van der Waals surface area contributed by atoms with Crippen LogP contribution in [0.15, 0.2) is 0 Å². The molecule has 1 amide bonds. The lowest BCUT2D eigenvalue weighted by molar-refractivity contribution is -0.123. The number of hydrogen-bond acceptors (Lipinski definition) is 4. The average molecular weight is 269 g/mol. The van der Waals surface area contributed by atoms with Gasteiger partial charge in [-0.25, -0.2) is 0 Å². The van der Waals surface area contributed by atoms with Crippen LogP contribution in [0, 0.1) is 0 Å². The molecular weight excluding hydrogens is 242 g/mol. The van der Waals surface area contributed by atoms with Gasteiger partial charge in [0, 0.05) is 13.1 Å². The Labute approximate surface area is 115 Å². The highest BCUT2D eigenvalue weighted by Gasteiger charge is 2.33. The van der Waals surface area contributed by atoms with Gasteiger partial charge in [0.2, 0.25) is 5.91 Å². The first-order valence-electron chi connectivity index (χ1n) is 7.40. The van der Waals surface area contributed by atoms with E-state index in [0.717, 1.165) is 38.9 Å². The molecule has 0 aromatic rings. The Morgan fingerprint density at radius 1 is 1.37 bits per heavy atom. The molecule has 110 valence electrons. The van der Waals surface area contributed by atoms with Crippen molar-refractivity contribution in [3.63, 3.8) is 0 Å². The Bertz CT molecular complexity index is 312. The maximum absolute atomic E-state index is 11.4. The molecule has 2 saturated heterocycles. The van der Waals surface area contributed by atoms with E-state index in [4.69, 9.17) is 10.5 Å². The third kappa shape index (κ3) is 3.68. The Kier molecular flexibility index (Phi) is 4.81. The van der Waals surface area contributed by atoms with Gasteiger partial charge in [0.05, 0.1) is 17.7 Å². The predicted octanol–water partition coefficient (Wildman–Crippen LogP) is 0.483. The largest absolute Gasteiger partial charge is 0.372 e. The van der Waals surface area contributed by atoms with E-state index in [1.807, 2.05) is 6.92 Å². The van der Waals surface area contributed by atoms with Gasteiger partial charge >= 0.3 is 0 Å². The summed E-state index contributed by atoms with van der Waals surface area (Å²) in [6.45, 7) is 5.14. The van der Waals surface area contributed by atoms with Crippen LogP contribution in [0.25, 0.3) is 0 Å². The number of likely N-dealkylation sites (N-methyl/N-ethyl adjacent to an activating group) is 1. The molecule has 3 N–H and O–H groups in total. The Balaban J connectivity index is 1.65. The molecule has 3 atom stereocenters. The maximum Gasteiger partial charge on any atom is 0.237 e. The number of nitrogens with zero attached hydrogens (tertiary/aromatic N) is 1. The van der Waals surface area contributed by atoms with E-state index < -0.39 is 5.54 Å². The number of rotatable bonds is 7. The number of nitrogens with one attached hydrogen (secondary N) is 1. The lowest BCUT2D eigenvalue weighted by Crippen LogP contribution is -2.51. The second-order valence-corrected chi connectivity index (χ2v) is 6.12. The van der Waals surface area contributed by atoms with Gasteiger partial charge in [-0.2, -0.15) is 0 Å². The molecule has 3 unspecified atom stereocenters. The highest BCUT2D eigenvalue weighted by Crippen LogP contribution is 2.26. The molecule has 19 heavy (non-hydrogen) atoms. The van der Waals surface area contributed by atoms with Crippen LogP contribution in [0.2, 0.25) is 0 Å². The molecular formula is C14H27N3O2. The fourth-order valence-electron chi connectivity index (χ4n) is 3.07. The molecule has 0 radical (unpaired) electrons. The summed E-state index contributed by atoms with van der Waals surface area (Å²) < 4.78 is 5.82. The van der Waals surface area contributed by atoms with Crippen LogP contribution >= 0.6 is 0 Å². The molecule has 2 fully saturated rings. The number of nitrogens with two attached hydrogens (primary N) is 1. The predicted molar refractivity (Wildman–Crippen MR) is 74.8 cm³/mol. The lowest BCUT2D eigenvalue weighted by Gasteiger charge is -2.32. The summed E-state index contributed by atoms with van der Waals surface area (Å²) in [5.41, 5.74) is 4.86. The minimum absolute atomic E-state index is 0.264. The van der Waals surface area contributed by atoms with Crippen LogP contribution in [0.3, 0.4) is 0 Å². The second-order valence-electron chi connectivity index (χ2n) is 6.12. The standard InChI is InChI=1S/C14H27N3O2/c1-14(16-2,13(15)18)7-3-4-8-17-9-11-5-6-12(10-17)19-11/h11-12,16H,3-10H2,1-2H3,(H2,15,18). The average Bonchev–Trinajstić information content (AvgIpc) is 2.73. The molecule has 0 spiro atoms. The fourth-order valence-corrected chi connectivity index (χ4v) is 3.07. The first kappa shape index (κ1) is 14.8. The molecule has 5 nitrogen and oxygen atoms in total. The maximum atomic E-state index is 11.4. The summed E-state index contributed by atoms with van der Waals surface area (Å²) in [4.78, 5) is 13.9. The number of hydrogen-bond donors (Lipinski definition) is 2. The zero-order valence-electron chi connectivity index (χ0n) is 12.2. The third-order valence-corrected chi connectivity index (χ3v) is 4.62. The number of ether oxygens (including phenoxy) is 1. The van der Waals surface area contributed by atoms with Crippen molar-refractivity contribution in [1.29, 1.82) is 0 Å². The first-order valence-corrected chi connectivity index (χ1v) is 7.40. The van der Waals surface area contributed by atoms with E-state index in [-0.39, 0.29) is 5.91 Å². The van der Waals surface area contributed by atoms with Crippen molar-refractivity contribution in [2.24, 2.45) is 5.73 Å². The van der Waals surface area contributed by atoms with E-state index in [0.29, 0.717) is 12.2 Å². The van der Waals surface area contributed by atoms with Crippen molar-refractivity contribution < 1.29 is 9.53 Å². The van der Waals surface area contributed by atoms with E-state index >= 15 is 0 Å². The van der Waals surface area contributed by atoms with Crippen LogP contribution in [0.1, 0.15) is 39.0 Å². The van der Waals surface area contributed by atoms with Crippen molar-refractivity contribution in [3.8, 4) is 0 Å². The van der Waals surface area contributed by atoms with Gasteiger partial charge < -0.3 is 15.8 Å². The van der Waals surface area contributed by atoms with Crippen molar-refractivity contribution in [2.45, 2.75) is 56.8 Å². The van der Waals surface area contributed by atoms with Gasteiger partial charge in [-0.05, 0) is 52.6 Å². The minimum Gasteiger partial charge on any atom is -0.372 e. The lowest BCUT2D eigenvalue weighted by atomic mass is 9.94. The van der Waals surface area contributed by atoms with E-state index in [9.17, 15) is 4.79 Å². The SMILES string of the molecule is CNC(C)(CCCCN1CC2CCC(C1)O2)C(N)=O. The monoisotopic (exact) mass is 269 g/mol. The first-order chi connectivity index (χ1) is 9.03. The number of carbonyl (C=O) groups excluding carboxylic acids is 1. The minimum atomic E-state index is -0.565. The molecule has 0 saturated carbocycles. The second kappa shape index (κ2) is 6.20. The zero-order valence-corrected chi connectivity index (χ0v) is 12.2. The molecule has 2 bridgehead atoms. The van der Waals surface area contributed by atoms with Gasteiger partial charge in [0.15, 0.2) is 0 Å². The Morgan fingerprint density at radius 2 is 2.00 bits per heavy atom. The molecule has 5 heteroatoms. The molecule has 2 aliphatic heterocycles. The summed E-state index contributed by atoms with van der Waals surface area (Å²) in [5, 5.41) is 3.03. The van der Waals surface area contributed by atoms with Crippen LogP contribution in [-0.4, -0.2) is 55.2 Å². The molecule has 2 rings (SSSR count). The number of fused-ring (bicyclic) bond motifs is 2. The van der Waals surface area contributed by atoms with Crippen LogP contribution in [0.5, 0.6) is 0 Å². The number of primary amides is 1. The van der Waals surface area contributed by atoms with Gasteiger partial charge in [-0.3, -0.25) is 9.69 Å². The smallest absolute Gasteiger partial charge is 0.237 e. The Hall–Kier alpha value is -0.650. The number of amides is 1. The van der Waals surface area contributed by atoms with E-state index in [1.165, 1.54) is 12.8 Å². The summed E-state index contributed by atoms with van der Waals surface area (Å²) in [6, 6.07) is 0. The number of likely N-dealkylation sites (tertiary alicyclic amines) is 1. The number of carbonyl (C=O) groups is 1. The van der Waals surface area contributed by atoms with E-state index in [2.05, 4.69) is 10.2 Å². The molecule has 2 heterocycles. The van der Waals surface area contributed by atoms with Crippen molar-refractivity contribution in [1.82, 2.24) is 10.2 Å². The van der Waals surface area contributed by atoms with E-state index in [1.54, 1.807) is 7.05 Å². The van der Waals surface area contributed by atoms with Crippen molar-refractivity contribution in [3.05, 3.63) is 0 Å². The van der Waals surface area contributed by atoms with Crippen molar-refractivity contribution >= 4 is 5.91 Å². The van der Waals surface area contributed by atoms with Gasteiger partial charge in [-0.15, -0.1) is 0 Å². The van der Waals surface area contributed by atoms with Gasteiger partial charge in [0.1, 0.15) is 0 Å². The summed E-state index contributed by atoms with van der Waals surface area (Å²) in [5.74, 6) is -0.264. The summed E-state index contributed by atoms with van der Waals surface area (Å²) in [6.07, 6.45) is 6.31. The number of unbranched alkanes of at least 4 members (excludes halogenated alkanes) is 1. The highest BCUT2D eigenvalue weighted by atomic mass is 16.5. The van der Waals surface area contributed by atoms with Crippen LogP contribution in [0.4, 0.5) is 0 Å². The fraction of sp³-hybridized carbons (Fsp3) is 0.929.